The topological polar surface area (TPSA) is 54.3 Å². The lowest BCUT2D eigenvalue weighted by Crippen LogP contribution is -2.36. The molecule has 0 aromatic carbocycles. The lowest BCUT2D eigenvalue weighted by Gasteiger charge is -2.28. The smallest absolute Gasteiger partial charge is 0.119 e. The Kier molecular flexibility index (Phi) is 7.18. The molecule has 0 amide bonds. The van der Waals surface area contributed by atoms with Crippen molar-refractivity contribution in [3.63, 3.8) is 0 Å². The number of hydrogen-bond acceptors (Lipinski definition) is 4. The molecule has 17 heavy (non-hydrogen) atoms. The van der Waals surface area contributed by atoms with Crippen molar-refractivity contribution < 1.29 is 9.47 Å². The number of rotatable bonds is 7. The van der Waals surface area contributed by atoms with Crippen molar-refractivity contribution in [1.29, 1.82) is 5.26 Å². The summed E-state index contributed by atoms with van der Waals surface area (Å²) in [5.74, 6) is 0. The third-order valence-electron chi connectivity index (χ3n) is 3.21. The molecule has 98 valence electrons. The molecule has 1 fully saturated rings. The Bertz CT molecular complexity index is 240. The Morgan fingerprint density at radius 1 is 1.41 bits per heavy atom. The Labute approximate surface area is 104 Å². The molecular formula is C13H24N2O2. The van der Waals surface area contributed by atoms with Crippen LogP contribution in [0.15, 0.2) is 0 Å². The van der Waals surface area contributed by atoms with Crippen LogP contribution in [-0.2, 0) is 9.47 Å². The fraction of sp³-hybridized carbons (Fsp3) is 0.923. The van der Waals surface area contributed by atoms with Gasteiger partial charge in [-0.25, -0.2) is 0 Å². The molecule has 0 spiro atoms. The van der Waals surface area contributed by atoms with Crippen molar-refractivity contribution in [1.82, 2.24) is 5.32 Å². The maximum Gasteiger partial charge on any atom is 0.119 e. The number of nitrogens with zero attached hydrogens (tertiary/aromatic N) is 1. The zero-order valence-electron chi connectivity index (χ0n) is 10.9. The maximum absolute atomic E-state index is 8.96. The Hall–Kier alpha value is -0.630. The SMILES string of the molecule is CCCNC(C#N)COC1CCCC(OC)C1. The number of hydrogen-bond donors (Lipinski definition) is 1. The molecule has 0 aromatic rings. The predicted octanol–water partition coefficient (Wildman–Crippen LogP) is 1.85. The normalized spacial score (nSPS) is 26.4. The first kappa shape index (κ1) is 14.4. The fourth-order valence-electron chi connectivity index (χ4n) is 2.16. The molecule has 1 saturated carbocycles. The van der Waals surface area contributed by atoms with Crippen molar-refractivity contribution in [3.8, 4) is 6.07 Å². The van der Waals surface area contributed by atoms with Crippen LogP contribution >= 0.6 is 0 Å². The molecule has 1 N–H and O–H groups in total. The van der Waals surface area contributed by atoms with Crippen molar-refractivity contribution >= 4 is 0 Å². The van der Waals surface area contributed by atoms with Crippen LogP contribution in [0.4, 0.5) is 0 Å². The zero-order valence-corrected chi connectivity index (χ0v) is 10.9. The summed E-state index contributed by atoms with van der Waals surface area (Å²) in [6, 6.07) is 2.05. The van der Waals surface area contributed by atoms with E-state index >= 15 is 0 Å². The van der Waals surface area contributed by atoms with Gasteiger partial charge in [0.2, 0.25) is 0 Å². The summed E-state index contributed by atoms with van der Waals surface area (Å²) in [6.07, 6.45) is 5.96. The van der Waals surface area contributed by atoms with Crippen molar-refractivity contribution in [2.24, 2.45) is 0 Å². The van der Waals surface area contributed by atoms with Crippen molar-refractivity contribution in [2.45, 2.75) is 57.3 Å². The molecule has 4 nitrogen and oxygen atoms in total. The van der Waals surface area contributed by atoms with Gasteiger partial charge in [0, 0.05) is 7.11 Å². The second-order valence-corrected chi connectivity index (χ2v) is 4.62. The predicted molar refractivity (Wildman–Crippen MR) is 66.7 cm³/mol. The van der Waals surface area contributed by atoms with Crippen LogP contribution in [0, 0.1) is 11.3 Å². The highest BCUT2D eigenvalue weighted by Crippen LogP contribution is 2.23. The van der Waals surface area contributed by atoms with E-state index in [1.165, 1.54) is 0 Å². The first-order valence-electron chi connectivity index (χ1n) is 6.57. The zero-order chi connectivity index (χ0) is 12.5. The molecule has 1 aliphatic carbocycles. The summed E-state index contributed by atoms with van der Waals surface area (Å²) in [5, 5.41) is 12.1. The largest absolute Gasteiger partial charge is 0.381 e. The highest BCUT2D eigenvalue weighted by molar-refractivity contribution is 4.89. The van der Waals surface area contributed by atoms with Crippen LogP contribution in [0.5, 0.6) is 0 Å². The van der Waals surface area contributed by atoms with Crippen LogP contribution in [0.2, 0.25) is 0 Å². The fourth-order valence-corrected chi connectivity index (χ4v) is 2.16. The summed E-state index contributed by atoms with van der Waals surface area (Å²) < 4.78 is 11.2. The standard InChI is InChI=1S/C13H24N2O2/c1-3-7-15-11(9-14)10-17-13-6-4-5-12(8-13)16-2/h11-13,15H,3-8,10H2,1-2H3. The summed E-state index contributed by atoms with van der Waals surface area (Å²) in [5.41, 5.74) is 0. The van der Waals surface area contributed by atoms with Crippen LogP contribution in [0.1, 0.15) is 39.0 Å². The molecule has 0 aliphatic heterocycles. The minimum Gasteiger partial charge on any atom is -0.381 e. The van der Waals surface area contributed by atoms with Crippen LogP contribution < -0.4 is 5.32 Å². The molecule has 0 radical (unpaired) electrons. The highest BCUT2D eigenvalue weighted by Gasteiger charge is 2.22. The van der Waals surface area contributed by atoms with Crippen LogP contribution in [0.3, 0.4) is 0 Å². The monoisotopic (exact) mass is 240 g/mol. The van der Waals surface area contributed by atoms with Gasteiger partial charge in [0.05, 0.1) is 24.9 Å². The molecule has 1 rings (SSSR count). The summed E-state index contributed by atoms with van der Waals surface area (Å²) >= 11 is 0. The summed E-state index contributed by atoms with van der Waals surface area (Å²) in [7, 11) is 1.76. The van der Waals surface area contributed by atoms with E-state index in [-0.39, 0.29) is 12.1 Å². The highest BCUT2D eigenvalue weighted by atomic mass is 16.5. The number of methoxy groups -OCH3 is 1. The molecule has 1 aliphatic rings. The second-order valence-electron chi connectivity index (χ2n) is 4.62. The molecule has 0 bridgehead atoms. The van der Waals surface area contributed by atoms with Crippen LogP contribution in [-0.4, -0.2) is 38.5 Å². The third-order valence-corrected chi connectivity index (χ3v) is 3.21. The van der Waals surface area contributed by atoms with E-state index < -0.39 is 0 Å². The number of nitrogens with one attached hydrogen (secondary N) is 1. The van der Waals surface area contributed by atoms with Gasteiger partial charge in [-0.3, -0.25) is 0 Å². The maximum atomic E-state index is 8.96. The van der Waals surface area contributed by atoms with Gasteiger partial charge in [-0.1, -0.05) is 6.92 Å². The molecule has 4 heteroatoms. The van der Waals surface area contributed by atoms with Gasteiger partial charge < -0.3 is 14.8 Å². The first-order chi connectivity index (χ1) is 8.30. The molecule has 0 heterocycles. The Morgan fingerprint density at radius 2 is 2.18 bits per heavy atom. The van der Waals surface area contributed by atoms with Gasteiger partial charge in [-0.15, -0.1) is 0 Å². The Balaban J connectivity index is 2.21. The molecule has 3 atom stereocenters. The van der Waals surface area contributed by atoms with Gasteiger partial charge in [-0.05, 0) is 38.6 Å². The molecule has 3 unspecified atom stereocenters. The average Bonchev–Trinajstić information content (AvgIpc) is 2.39. The van der Waals surface area contributed by atoms with Crippen molar-refractivity contribution in [3.05, 3.63) is 0 Å². The number of ether oxygens (including phenoxy) is 2. The molecule has 0 aromatic heterocycles. The average molecular weight is 240 g/mol. The third kappa shape index (κ3) is 5.49. The van der Waals surface area contributed by atoms with E-state index in [1.807, 2.05) is 0 Å². The molecule has 0 saturated heterocycles. The van der Waals surface area contributed by atoms with Gasteiger partial charge in [-0.2, -0.15) is 5.26 Å². The van der Waals surface area contributed by atoms with E-state index in [0.29, 0.717) is 12.7 Å². The van der Waals surface area contributed by atoms with E-state index in [1.54, 1.807) is 7.11 Å². The van der Waals surface area contributed by atoms with Gasteiger partial charge in [0.25, 0.3) is 0 Å². The van der Waals surface area contributed by atoms with Gasteiger partial charge >= 0.3 is 0 Å². The number of nitriles is 1. The van der Waals surface area contributed by atoms with Crippen LogP contribution in [0.25, 0.3) is 0 Å². The summed E-state index contributed by atoms with van der Waals surface area (Å²) in [6.45, 7) is 3.44. The minimum absolute atomic E-state index is 0.183. The van der Waals surface area contributed by atoms with E-state index in [9.17, 15) is 0 Å². The van der Waals surface area contributed by atoms with E-state index in [4.69, 9.17) is 14.7 Å². The lowest BCUT2D eigenvalue weighted by molar-refractivity contribution is -0.0320. The Morgan fingerprint density at radius 3 is 2.82 bits per heavy atom. The van der Waals surface area contributed by atoms with Gasteiger partial charge in [0.15, 0.2) is 0 Å². The van der Waals surface area contributed by atoms with E-state index in [2.05, 4.69) is 18.3 Å². The minimum atomic E-state index is -0.183. The first-order valence-corrected chi connectivity index (χ1v) is 6.57. The summed E-state index contributed by atoms with van der Waals surface area (Å²) in [4.78, 5) is 0. The molecular weight excluding hydrogens is 216 g/mol. The second kappa shape index (κ2) is 8.46. The quantitative estimate of drug-likeness (QED) is 0.738. The van der Waals surface area contributed by atoms with Crippen molar-refractivity contribution in [2.75, 3.05) is 20.3 Å². The lowest BCUT2D eigenvalue weighted by atomic mass is 9.95. The van der Waals surface area contributed by atoms with E-state index in [0.717, 1.165) is 38.6 Å². The van der Waals surface area contributed by atoms with Gasteiger partial charge in [0.1, 0.15) is 6.04 Å².